The van der Waals surface area contributed by atoms with E-state index in [-0.39, 0.29) is 10.6 Å². The molecule has 0 unspecified atom stereocenters. The van der Waals surface area contributed by atoms with Gasteiger partial charge in [-0.25, -0.2) is 13.4 Å². The lowest BCUT2D eigenvalue weighted by Gasteiger charge is -2.26. The molecule has 2 aromatic carbocycles. The highest BCUT2D eigenvalue weighted by atomic mass is 32.2. The standard InChI is InChI=1S/C19H17N5O3S2/c20-13-17(19-21-16-3-1-2-4-18(16)28-19)23-22-14-5-7-15(8-6-14)29(25,26)24-9-11-27-12-10-24/h1-8,22H,9-12H2/b23-17+. The Balaban J connectivity index is 1.51. The number of aromatic nitrogens is 1. The van der Waals surface area contributed by atoms with Gasteiger partial charge in [-0.2, -0.15) is 14.7 Å². The van der Waals surface area contributed by atoms with Gasteiger partial charge in [0.1, 0.15) is 6.07 Å². The van der Waals surface area contributed by atoms with Gasteiger partial charge in [0.2, 0.25) is 10.0 Å². The van der Waals surface area contributed by atoms with E-state index in [1.54, 1.807) is 12.1 Å². The summed E-state index contributed by atoms with van der Waals surface area (Å²) in [6, 6.07) is 15.9. The number of para-hydroxylation sites is 1. The van der Waals surface area contributed by atoms with Crippen LogP contribution < -0.4 is 5.43 Å². The third kappa shape index (κ3) is 4.13. The zero-order valence-corrected chi connectivity index (χ0v) is 16.9. The van der Waals surface area contributed by atoms with Crippen LogP contribution in [0, 0.1) is 11.3 Å². The molecule has 0 atom stereocenters. The van der Waals surface area contributed by atoms with Gasteiger partial charge in [-0.3, -0.25) is 5.43 Å². The van der Waals surface area contributed by atoms with E-state index in [0.29, 0.717) is 37.0 Å². The topological polar surface area (TPSA) is 108 Å². The van der Waals surface area contributed by atoms with Gasteiger partial charge in [-0.15, -0.1) is 11.3 Å². The van der Waals surface area contributed by atoms with Crippen molar-refractivity contribution in [1.82, 2.24) is 9.29 Å². The van der Waals surface area contributed by atoms with Crippen molar-refractivity contribution < 1.29 is 13.2 Å². The molecule has 10 heteroatoms. The normalized spacial score (nSPS) is 15.9. The Morgan fingerprint density at radius 3 is 2.59 bits per heavy atom. The van der Waals surface area contributed by atoms with Crippen molar-refractivity contribution >= 4 is 43.0 Å². The second-order valence-electron chi connectivity index (χ2n) is 6.21. The molecule has 3 aromatic rings. The predicted octanol–water partition coefficient (Wildman–Crippen LogP) is 2.66. The number of hydrogen-bond donors (Lipinski definition) is 1. The fraction of sp³-hybridized carbons (Fsp3) is 0.211. The van der Waals surface area contributed by atoms with Crippen LogP contribution in [-0.2, 0) is 14.8 Å². The van der Waals surface area contributed by atoms with Crippen LogP contribution in [0.5, 0.6) is 0 Å². The minimum Gasteiger partial charge on any atom is -0.379 e. The zero-order chi connectivity index (χ0) is 20.3. The van der Waals surface area contributed by atoms with Crippen LogP contribution in [0.25, 0.3) is 10.2 Å². The van der Waals surface area contributed by atoms with E-state index in [9.17, 15) is 13.7 Å². The molecule has 0 amide bonds. The number of nitriles is 1. The maximum Gasteiger partial charge on any atom is 0.243 e. The van der Waals surface area contributed by atoms with Crippen LogP contribution in [0.3, 0.4) is 0 Å². The predicted molar refractivity (Wildman–Crippen MR) is 111 cm³/mol. The first kappa shape index (κ1) is 19.5. The minimum absolute atomic E-state index is 0.163. The number of anilines is 1. The number of rotatable bonds is 5. The average molecular weight is 428 g/mol. The van der Waals surface area contributed by atoms with Crippen LogP contribution in [0.2, 0.25) is 0 Å². The molecule has 0 aliphatic carbocycles. The molecule has 8 nitrogen and oxygen atoms in total. The highest BCUT2D eigenvalue weighted by Gasteiger charge is 2.26. The number of sulfonamides is 1. The van der Waals surface area contributed by atoms with Crippen LogP contribution in [0.15, 0.2) is 58.5 Å². The van der Waals surface area contributed by atoms with E-state index in [0.717, 1.165) is 10.2 Å². The van der Waals surface area contributed by atoms with Crippen LogP contribution in [0.4, 0.5) is 5.69 Å². The van der Waals surface area contributed by atoms with Crippen molar-refractivity contribution in [2.24, 2.45) is 5.10 Å². The summed E-state index contributed by atoms with van der Waals surface area (Å²) in [7, 11) is -3.54. The number of nitrogens with one attached hydrogen (secondary N) is 1. The van der Waals surface area contributed by atoms with Crippen LogP contribution >= 0.6 is 11.3 Å². The largest absolute Gasteiger partial charge is 0.379 e. The number of hydrogen-bond acceptors (Lipinski definition) is 8. The first-order chi connectivity index (χ1) is 14.1. The SMILES string of the molecule is N#C/C(=N\Nc1ccc(S(=O)(=O)N2CCOCC2)cc1)c1nc2ccccc2s1. The molecule has 148 valence electrons. The maximum absolute atomic E-state index is 12.7. The average Bonchev–Trinajstić information content (AvgIpc) is 3.19. The van der Waals surface area contributed by atoms with E-state index >= 15 is 0 Å². The summed E-state index contributed by atoms with van der Waals surface area (Å²) in [6.45, 7) is 1.49. The Morgan fingerprint density at radius 2 is 1.90 bits per heavy atom. The van der Waals surface area contributed by atoms with E-state index in [1.165, 1.54) is 27.8 Å². The molecule has 0 saturated carbocycles. The summed E-state index contributed by atoms with van der Waals surface area (Å²) in [5, 5.41) is 14.1. The second-order valence-corrected chi connectivity index (χ2v) is 9.18. The Labute approximate surface area is 172 Å². The van der Waals surface area contributed by atoms with Gasteiger partial charge >= 0.3 is 0 Å². The summed E-state index contributed by atoms with van der Waals surface area (Å²) >= 11 is 1.39. The lowest BCUT2D eigenvalue weighted by Crippen LogP contribution is -2.40. The highest BCUT2D eigenvalue weighted by molar-refractivity contribution is 7.89. The molecule has 1 N–H and O–H groups in total. The van der Waals surface area contributed by atoms with E-state index < -0.39 is 10.0 Å². The fourth-order valence-corrected chi connectivity index (χ4v) is 5.17. The second kappa shape index (κ2) is 8.26. The Hall–Kier alpha value is -2.84. The number of benzene rings is 2. The van der Waals surface area contributed by atoms with Gasteiger partial charge < -0.3 is 4.74 Å². The summed E-state index contributed by atoms with van der Waals surface area (Å²) in [5.41, 5.74) is 4.35. The molecule has 0 bridgehead atoms. The minimum atomic E-state index is -3.54. The molecule has 1 aliphatic heterocycles. The van der Waals surface area contributed by atoms with Crippen molar-refractivity contribution in [3.8, 4) is 6.07 Å². The molecule has 29 heavy (non-hydrogen) atoms. The Morgan fingerprint density at radius 1 is 1.17 bits per heavy atom. The number of ether oxygens (including phenoxy) is 1. The summed E-state index contributed by atoms with van der Waals surface area (Å²) < 4.78 is 32.9. The summed E-state index contributed by atoms with van der Waals surface area (Å²) in [6.07, 6.45) is 0. The maximum atomic E-state index is 12.7. The molecule has 0 spiro atoms. The van der Waals surface area contributed by atoms with Crippen molar-refractivity contribution in [2.75, 3.05) is 31.7 Å². The summed E-state index contributed by atoms with van der Waals surface area (Å²) in [4.78, 5) is 4.63. The third-order valence-electron chi connectivity index (χ3n) is 4.36. The van der Waals surface area contributed by atoms with E-state index in [4.69, 9.17) is 4.74 Å². The van der Waals surface area contributed by atoms with Gasteiger partial charge in [0, 0.05) is 13.1 Å². The smallest absolute Gasteiger partial charge is 0.243 e. The molecule has 1 saturated heterocycles. The van der Waals surface area contributed by atoms with Gasteiger partial charge in [-0.1, -0.05) is 12.1 Å². The lowest BCUT2D eigenvalue weighted by atomic mass is 10.3. The third-order valence-corrected chi connectivity index (χ3v) is 7.32. The van der Waals surface area contributed by atoms with Gasteiger partial charge in [0.15, 0.2) is 10.7 Å². The quantitative estimate of drug-likeness (QED) is 0.495. The monoisotopic (exact) mass is 427 g/mol. The van der Waals surface area contributed by atoms with Gasteiger partial charge in [0.25, 0.3) is 0 Å². The molecule has 4 rings (SSSR count). The van der Waals surface area contributed by atoms with Gasteiger partial charge in [-0.05, 0) is 36.4 Å². The fourth-order valence-electron chi connectivity index (χ4n) is 2.85. The first-order valence-electron chi connectivity index (χ1n) is 8.85. The lowest BCUT2D eigenvalue weighted by molar-refractivity contribution is 0.0730. The number of fused-ring (bicyclic) bond motifs is 1. The number of thiazole rings is 1. The first-order valence-corrected chi connectivity index (χ1v) is 11.1. The molecule has 1 aromatic heterocycles. The number of hydrazone groups is 1. The van der Waals surface area contributed by atoms with Crippen molar-refractivity contribution in [3.05, 3.63) is 53.5 Å². The highest BCUT2D eigenvalue weighted by Crippen LogP contribution is 2.23. The van der Waals surface area contributed by atoms with Crippen LogP contribution in [0.1, 0.15) is 5.01 Å². The molecule has 0 radical (unpaired) electrons. The summed E-state index contributed by atoms with van der Waals surface area (Å²) in [5.74, 6) is 0. The van der Waals surface area contributed by atoms with E-state index in [2.05, 4.69) is 15.5 Å². The zero-order valence-electron chi connectivity index (χ0n) is 15.3. The molecular weight excluding hydrogens is 410 g/mol. The molecule has 1 aliphatic rings. The van der Waals surface area contributed by atoms with Crippen molar-refractivity contribution in [3.63, 3.8) is 0 Å². The van der Waals surface area contributed by atoms with E-state index in [1.807, 2.05) is 30.3 Å². The van der Waals surface area contributed by atoms with Crippen molar-refractivity contribution in [2.45, 2.75) is 4.90 Å². The van der Waals surface area contributed by atoms with Crippen LogP contribution in [-0.4, -0.2) is 49.7 Å². The Bertz CT molecular complexity index is 1160. The number of nitrogens with zero attached hydrogens (tertiary/aromatic N) is 4. The van der Waals surface area contributed by atoms with Gasteiger partial charge in [0.05, 0.1) is 34.0 Å². The number of morpholine rings is 1. The molecular formula is C19H17N5O3S2. The molecule has 1 fully saturated rings. The Kier molecular flexibility index (Phi) is 5.55. The molecule has 2 heterocycles. The van der Waals surface area contributed by atoms with Crippen molar-refractivity contribution in [1.29, 1.82) is 5.26 Å².